The van der Waals surface area contributed by atoms with Crippen molar-refractivity contribution in [2.45, 2.75) is 432 Å². The standard InChI is InChI=1S/C79H154O17P2/c1-7-11-13-15-17-18-19-20-21-22-23-24-25-26-27-32-35-38-45-51-57-63-78(83)95-75(68-90-77(82)62-56-50-44-37-34-31-29-28-30-33-36-42-47-53-59-71(5)9-3)70-94-98(87,88)92-66-73(80)65-91-97(85,86)93-69-74(67-89-76(81)61-55-49-41-16-14-12-8-2)96-79(84)64-58-52-46-40-39-43-48-54-60-72(6)10-4/h71-75,80H,7-70H2,1-6H3,(H,85,86)(H,87,88)/t71?,72?,73-,74+,75+/m0/s1. The molecule has 0 saturated carbocycles. The molecule has 98 heavy (non-hydrogen) atoms. The number of ether oxygens (including phenoxy) is 4. The van der Waals surface area contributed by atoms with Gasteiger partial charge in [-0.1, -0.05) is 363 Å². The van der Waals surface area contributed by atoms with Crippen LogP contribution in [0, 0.1) is 11.8 Å². The summed E-state index contributed by atoms with van der Waals surface area (Å²) in [6.45, 7) is 9.62. The van der Waals surface area contributed by atoms with Gasteiger partial charge in [0.25, 0.3) is 0 Å². The molecular formula is C79H154O17P2. The van der Waals surface area contributed by atoms with Crippen LogP contribution in [0.25, 0.3) is 0 Å². The summed E-state index contributed by atoms with van der Waals surface area (Å²) in [6.07, 6.45) is 59.9. The zero-order valence-corrected chi connectivity index (χ0v) is 65.9. The van der Waals surface area contributed by atoms with Gasteiger partial charge in [-0.2, -0.15) is 0 Å². The Bertz CT molecular complexity index is 1890. The Balaban J connectivity index is 5.17. The van der Waals surface area contributed by atoms with Crippen molar-refractivity contribution in [2.24, 2.45) is 11.8 Å². The third kappa shape index (κ3) is 69.8. The molecule has 0 saturated heterocycles. The van der Waals surface area contributed by atoms with Gasteiger partial charge in [-0.15, -0.1) is 0 Å². The lowest BCUT2D eigenvalue weighted by Gasteiger charge is -2.21. The molecule has 0 aliphatic heterocycles. The molecule has 0 aromatic carbocycles. The van der Waals surface area contributed by atoms with Gasteiger partial charge in [0.2, 0.25) is 0 Å². The Kier molecular flexibility index (Phi) is 69.3. The number of aliphatic hydroxyl groups is 1. The van der Waals surface area contributed by atoms with Gasteiger partial charge in [0.1, 0.15) is 19.3 Å². The van der Waals surface area contributed by atoms with Gasteiger partial charge in [-0.25, -0.2) is 9.13 Å². The average molecular weight is 1440 g/mol. The Morgan fingerprint density at radius 1 is 0.286 bits per heavy atom. The van der Waals surface area contributed by atoms with Crippen molar-refractivity contribution in [3.63, 3.8) is 0 Å². The first-order valence-corrected chi connectivity index (χ1v) is 44.1. The minimum absolute atomic E-state index is 0.105. The predicted octanol–water partition coefficient (Wildman–Crippen LogP) is 23.5. The maximum absolute atomic E-state index is 13.1. The van der Waals surface area contributed by atoms with E-state index in [0.717, 1.165) is 115 Å². The van der Waals surface area contributed by atoms with Crippen molar-refractivity contribution < 1.29 is 80.2 Å². The minimum atomic E-state index is -4.96. The van der Waals surface area contributed by atoms with E-state index in [-0.39, 0.29) is 25.7 Å². The Labute approximate surface area is 600 Å². The number of rotatable bonds is 78. The number of hydrogen-bond donors (Lipinski definition) is 3. The van der Waals surface area contributed by atoms with Crippen LogP contribution >= 0.6 is 15.6 Å². The SMILES string of the molecule is CCCCCCCCCCCCCCCCCCCCCCCC(=O)O[C@H](COC(=O)CCCCCCCCCCCCCCCCC(C)CC)COP(=O)(O)OC[C@@H](O)COP(=O)(O)OC[C@@H](COC(=O)CCCCCCCCC)OC(=O)CCCCCCCCCCC(C)CC. The first-order valence-electron chi connectivity index (χ1n) is 41.1. The number of esters is 4. The summed E-state index contributed by atoms with van der Waals surface area (Å²) < 4.78 is 68.5. The molecule has 19 heteroatoms. The molecule has 0 radical (unpaired) electrons. The Morgan fingerprint density at radius 3 is 0.724 bits per heavy atom. The van der Waals surface area contributed by atoms with E-state index in [2.05, 4.69) is 41.5 Å². The molecule has 0 spiro atoms. The highest BCUT2D eigenvalue weighted by Crippen LogP contribution is 2.45. The van der Waals surface area contributed by atoms with Crippen molar-refractivity contribution >= 4 is 39.5 Å². The van der Waals surface area contributed by atoms with E-state index < -0.39 is 97.5 Å². The topological polar surface area (TPSA) is 237 Å². The number of unbranched alkanes of at least 4 members (excludes halogenated alkanes) is 46. The fraction of sp³-hybridized carbons (Fsp3) is 0.949. The lowest BCUT2D eigenvalue weighted by Crippen LogP contribution is -2.30. The number of aliphatic hydroxyl groups excluding tert-OH is 1. The molecule has 3 N–H and O–H groups in total. The van der Waals surface area contributed by atoms with Crippen LogP contribution in [0.5, 0.6) is 0 Å². The molecule has 7 atom stereocenters. The van der Waals surface area contributed by atoms with Crippen LogP contribution < -0.4 is 0 Å². The molecule has 0 aromatic rings. The van der Waals surface area contributed by atoms with Crippen LogP contribution in [0.2, 0.25) is 0 Å². The number of carbonyl (C=O) groups is 4. The summed E-state index contributed by atoms with van der Waals surface area (Å²) in [4.78, 5) is 72.8. The number of phosphoric ester groups is 2. The van der Waals surface area contributed by atoms with Crippen molar-refractivity contribution in [3.05, 3.63) is 0 Å². The first-order chi connectivity index (χ1) is 47.4. The van der Waals surface area contributed by atoms with Crippen LogP contribution in [-0.4, -0.2) is 96.7 Å². The summed E-state index contributed by atoms with van der Waals surface area (Å²) in [7, 11) is -9.91. The maximum atomic E-state index is 13.1. The molecule has 0 aliphatic rings. The van der Waals surface area contributed by atoms with E-state index >= 15 is 0 Å². The second kappa shape index (κ2) is 70.7. The van der Waals surface area contributed by atoms with Crippen molar-refractivity contribution in [1.29, 1.82) is 0 Å². The fourth-order valence-electron chi connectivity index (χ4n) is 12.1. The highest BCUT2D eigenvalue weighted by molar-refractivity contribution is 7.47. The van der Waals surface area contributed by atoms with E-state index in [0.29, 0.717) is 25.7 Å². The zero-order valence-electron chi connectivity index (χ0n) is 64.1. The average Bonchev–Trinajstić information content (AvgIpc) is 1.02. The monoisotopic (exact) mass is 1440 g/mol. The molecule has 0 bridgehead atoms. The highest BCUT2D eigenvalue weighted by atomic mass is 31.2. The summed E-state index contributed by atoms with van der Waals surface area (Å²) in [5, 5.41) is 10.6. The second-order valence-electron chi connectivity index (χ2n) is 28.9. The van der Waals surface area contributed by atoms with Crippen LogP contribution in [0.15, 0.2) is 0 Å². The normalized spacial score (nSPS) is 14.5. The van der Waals surface area contributed by atoms with E-state index in [1.165, 1.54) is 218 Å². The molecule has 4 unspecified atom stereocenters. The van der Waals surface area contributed by atoms with E-state index in [1.54, 1.807) is 0 Å². The van der Waals surface area contributed by atoms with Crippen LogP contribution in [0.4, 0.5) is 0 Å². The zero-order chi connectivity index (χ0) is 72.1. The third-order valence-corrected chi connectivity index (χ3v) is 21.1. The van der Waals surface area contributed by atoms with Gasteiger partial charge in [0.05, 0.1) is 26.4 Å². The van der Waals surface area contributed by atoms with Gasteiger partial charge in [0.15, 0.2) is 12.2 Å². The van der Waals surface area contributed by atoms with Crippen molar-refractivity contribution in [1.82, 2.24) is 0 Å². The smallest absolute Gasteiger partial charge is 0.462 e. The summed E-state index contributed by atoms with van der Waals surface area (Å²) in [6, 6.07) is 0. The molecule has 17 nitrogen and oxygen atoms in total. The van der Waals surface area contributed by atoms with Gasteiger partial charge in [-0.3, -0.25) is 37.3 Å². The molecule has 0 fully saturated rings. The molecule has 0 amide bonds. The fourth-order valence-corrected chi connectivity index (χ4v) is 13.7. The summed E-state index contributed by atoms with van der Waals surface area (Å²) in [5.41, 5.74) is 0. The quantitative estimate of drug-likeness (QED) is 0.0222. The predicted molar refractivity (Wildman–Crippen MR) is 400 cm³/mol. The van der Waals surface area contributed by atoms with Crippen molar-refractivity contribution in [2.75, 3.05) is 39.6 Å². The second-order valence-corrected chi connectivity index (χ2v) is 31.8. The van der Waals surface area contributed by atoms with Crippen LogP contribution in [-0.2, 0) is 65.4 Å². The van der Waals surface area contributed by atoms with Gasteiger partial charge >= 0.3 is 39.5 Å². The van der Waals surface area contributed by atoms with Crippen molar-refractivity contribution in [3.8, 4) is 0 Å². The Morgan fingerprint density at radius 2 is 0.490 bits per heavy atom. The van der Waals surface area contributed by atoms with Crippen LogP contribution in [0.1, 0.15) is 414 Å². The van der Waals surface area contributed by atoms with E-state index in [1.807, 2.05) is 0 Å². The highest BCUT2D eigenvalue weighted by Gasteiger charge is 2.30. The lowest BCUT2D eigenvalue weighted by atomic mass is 9.99. The molecule has 0 aliphatic carbocycles. The van der Waals surface area contributed by atoms with E-state index in [4.69, 9.17) is 37.0 Å². The Hall–Kier alpha value is -1.94. The molecule has 0 heterocycles. The number of phosphoric acid groups is 2. The molecule has 0 aromatic heterocycles. The largest absolute Gasteiger partial charge is 0.472 e. The molecular weight excluding hydrogens is 1280 g/mol. The molecule has 582 valence electrons. The minimum Gasteiger partial charge on any atom is -0.462 e. The van der Waals surface area contributed by atoms with Crippen LogP contribution in [0.3, 0.4) is 0 Å². The van der Waals surface area contributed by atoms with E-state index in [9.17, 15) is 43.2 Å². The summed E-state index contributed by atoms with van der Waals surface area (Å²) in [5.74, 6) is -0.499. The van der Waals surface area contributed by atoms with Gasteiger partial charge in [-0.05, 0) is 37.5 Å². The molecule has 0 rings (SSSR count). The number of hydrogen-bond acceptors (Lipinski definition) is 15. The van der Waals surface area contributed by atoms with Gasteiger partial charge in [0, 0.05) is 25.7 Å². The third-order valence-electron chi connectivity index (χ3n) is 19.2. The lowest BCUT2D eigenvalue weighted by molar-refractivity contribution is -0.161. The number of carbonyl (C=O) groups excluding carboxylic acids is 4. The van der Waals surface area contributed by atoms with Gasteiger partial charge < -0.3 is 33.8 Å². The first kappa shape index (κ1) is 96.1. The summed E-state index contributed by atoms with van der Waals surface area (Å²) >= 11 is 0. The maximum Gasteiger partial charge on any atom is 0.472 e.